The molecule has 4 N–H and O–H groups in total. The molecule has 0 heterocycles. The van der Waals surface area contributed by atoms with E-state index >= 15 is 0 Å². The van der Waals surface area contributed by atoms with E-state index in [-0.39, 0.29) is 11.9 Å². The van der Waals surface area contributed by atoms with Crippen LogP contribution in [0.1, 0.15) is 11.6 Å². The molecule has 64 valence electrons. The van der Waals surface area contributed by atoms with Gasteiger partial charge in [0.2, 0.25) is 0 Å². The van der Waals surface area contributed by atoms with Crippen LogP contribution in [0.3, 0.4) is 0 Å². The number of nitrogens with two attached hydrogens (primary N) is 2. The summed E-state index contributed by atoms with van der Waals surface area (Å²) in [6, 6.07) is 3.82. The molecule has 1 aromatic rings. The van der Waals surface area contributed by atoms with Crippen molar-refractivity contribution in [3.05, 3.63) is 42.2 Å². The minimum absolute atomic E-state index is 0.328. The minimum atomic E-state index is -0.354. The van der Waals surface area contributed by atoms with Gasteiger partial charge in [0.15, 0.2) is 0 Å². The fourth-order valence-corrected chi connectivity index (χ4v) is 0.976. The van der Waals surface area contributed by atoms with E-state index in [0.29, 0.717) is 11.3 Å². The van der Waals surface area contributed by atoms with Crippen LogP contribution in [0.5, 0.6) is 0 Å². The summed E-state index contributed by atoms with van der Waals surface area (Å²) < 4.78 is 12.6. The van der Waals surface area contributed by atoms with Gasteiger partial charge in [-0.15, -0.1) is 6.58 Å². The molecule has 0 fully saturated rings. The average molecular weight is 166 g/mol. The van der Waals surface area contributed by atoms with Gasteiger partial charge in [-0.05, 0) is 17.7 Å². The Morgan fingerprint density at radius 2 is 2.17 bits per heavy atom. The molecule has 0 saturated carbocycles. The van der Waals surface area contributed by atoms with Gasteiger partial charge in [0.25, 0.3) is 0 Å². The molecule has 0 aliphatic rings. The first-order chi connectivity index (χ1) is 5.65. The molecular weight excluding hydrogens is 155 g/mol. The summed E-state index contributed by atoms with van der Waals surface area (Å²) in [4.78, 5) is 0. The summed E-state index contributed by atoms with van der Waals surface area (Å²) in [5, 5.41) is 0. The summed E-state index contributed by atoms with van der Waals surface area (Å²) in [5.41, 5.74) is 12.2. The molecule has 1 unspecified atom stereocenters. The number of rotatable bonds is 2. The summed E-state index contributed by atoms with van der Waals surface area (Å²) in [6.07, 6.45) is 1.56. The zero-order valence-electron chi connectivity index (χ0n) is 6.63. The largest absolute Gasteiger partial charge is 0.398 e. The van der Waals surface area contributed by atoms with Crippen LogP contribution < -0.4 is 11.5 Å². The Morgan fingerprint density at radius 1 is 1.50 bits per heavy atom. The van der Waals surface area contributed by atoms with Crippen molar-refractivity contribution in [2.45, 2.75) is 6.04 Å². The topological polar surface area (TPSA) is 52.0 Å². The quantitative estimate of drug-likeness (QED) is 0.518. The summed E-state index contributed by atoms with van der Waals surface area (Å²) in [7, 11) is 0. The Morgan fingerprint density at radius 3 is 2.67 bits per heavy atom. The van der Waals surface area contributed by atoms with Crippen molar-refractivity contribution in [1.82, 2.24) is 0 Å². The lowest BCUT2D eigenvalue weighted by atomic mass is 10.1. The predicted octanol–water partition coefficient (Wildman–Crippen LogP) is 1.59. The Hall–Kier alpha value is -1.35. The van der Waals surface area contributed by atoms with Crippen LogP contribution in [0.2, 0.25) is 0 Å². The number of hydrogen-bond acceptors (Lipinski definition) is 2. The SMILES string of the molecule is C=CC(N)c1ccc(F)cc1N. The molecule has 0 amide bonds. The molecule has 0 aliphatic carbocycles. The van der Waals surface area contributed by atoms with Crippen LogP contribution in [0.15, 0.2) is 30.9 Å². The smallest absolute Gasteiger partial charge is 0.125 e. The zero-order chi connectivity index (χ0) is 9.14. The number of benzene rings is 1. The van der Waals surface area contributed by atoms with Crippen molar-refractivity contribution in [2.75, 3.05) is 5.73 Å². The van der Waals surface area contributed by atoms with Gasteiger partial charge in [0.1, 0.15) is 5.82 Å². The lowest BCUT2D eigenvalue weighted by molar-refractivity contribution is 0.627. The van der Waals surface area contributed by atoms with Gasteiger partial charge in [-0.25, -0.2) is 4.39 Å². The molecule has 3 heteroatoms. The van der Waals surface area contributed by atoms with Gasteiger partial charge < -0.3 is 11.5 Å². The average Bonchev–Trinajstić information content (AvgIpc) is 2.03. The number of anilines is 1. The molecule has 0 aliphatic heterocycles. The Balaban J connectivity index is 3.09. The van der Waals surface area contributed by atoms with Crippen LogP contribution in [0.25, 0.3) is 0 Å². The second-order valence-corrected chi connectivity index (χ2v) is 2.53. The maximum Gasteiger partial charge on any atom is 0.125 e. The molecule has 0 bridgehead atoms. The first kappa shape index (κ1) is 8.74. The van der Waals surface area contributed by atoms with Crippen molar-refractivity contribution < 1.29 is 4.39 Å². The van der Waals surface area contributed by atoms with Crippen molar-refractivity contribution in [2.24, 2.45) is 5.73 Å². The summed E-state index contributed by atoms with van der Waals surface area (Å²) in [5.74, 6) is -0.354. The van der Waals surface area contributed by atoms with Gasteiger partial charge >= 0.3 is 0 Å². The Labute approximate surface area is 70.7 Å². The Bertz CT molecular complexity index is 297. The number of hydrogen-bond donors (Lipinski definition) is 2. The molecule has 1 rings (SSSR count). The Kier molecular flexibility index (Phi) is 2.45. The number of halogens is 1. The second-order valence-electron chi connectivity index (χ2n) is 2.53. The summed E-state index contributed by atoms with van der Waals surface area (Å²) in [6.45, 7) is 3.53. The molecule has 1 atom stereocenters. The van der Waals surface area contributed by atoms with Crippen LogP contribution in [-0.4, -0.2) is 0 Å². The molecule has 12 heavy (non-hydrogen) atoms. The third-order valence-corrected chi connectivity index (χ3v) is 1.66. The van der Waals surface area contributed by atoms with E-state index in [0.717, 1.165) is 0 Å². The normalized spacial score (nSPS) is 12.5. The first-order valence-electron chi connectivity index (χ1n) is 3.58. The van der Waals surface area contributed by atoms with E-state index in [1.54, 1.807) is 12.1 Å². The fourth-order valence-electron chi connectivity index (χ4n) is 0.976. The van der Waals surface area contributed by atoms with E-state index in [4.69, 9.17) is 11.5 Å². The molecule has 0 radical (unpaired) electrons. The van der Waals surface area contributed by atoms with Gasteiger partial charge in [-0.3, -0.25) is 0 Å². The molecule has 0 spiro atoms. The highest BCUT2D eigenvalue weighted by molar-refractivity contribution is 5.49. The van der Waals surface area contributed by atoms with Crippen LogP contribution in [0.4, 0.5) is 10.1 Å². The minimum Gasteiger partial charge on any atom is -0.398 e. The van der Waals surface area contributed by atoms with E-state index in [1.807, 2.05) is 0 Å². The molecule has 2 nitrogen and oxygen atoms in total. The standard InChI is InChI=1S/C9H11FN2/c1-2-8(11)7-4-3-6(10)5-9(7)12/h2-5,8H,1,11-12H2. The van der Waals surface area contributed by atoms with Crippen LogP contribution >= 0.6 is 0 Å². The predicted molar refractivity (Wildman–Crippen MR) is 47.9 cm³/mol. The maximum atomic E-state index is 12.6. The lowest BCUT2D eigenvalue weighted by Crippen LogP contribution is -2.09. The second kappa shape index (κ2) is 3.36. The van der Waals surface area contributed by atoms with E-state index in [1.165, 1.54) is 12.1 Å². The zero-order valence-corrected chi connectivity index (χ0v) is 6.63. The highest BCUT2D eigenvalue weighted by Gasteiger charge is 2.05. The van der Waals surface area contributed by atoms with Crippen molar-refractivity contribution in [3.63, 3.8) is 0 Å². The molecule has 0 aromatic heterocycles. The van der Waals surface area contributed by atoms with E-state index in [2.05, 4.69) is 6.58 Å². The number of nitrogen functional groups attached to an aromatic ring is 1. The van der Waals surface area contributed by atoms with Gasteiger partial charge in [0, 0.05) is 11.7 Å². The molecular formula is C9H11FN2. The van der Waals surface area contributed by atoms with Crippen molar-refractivity contribution in [1.29, 1.82) is 0 Å². The van der Waals surface area contributed by atoms with Crippen molar-refractivity contribution in [3.8, 4) is 0 Å². The van der Waals surface area contributed by atoms with Crippen LogP contribution in [0, 0.1) is 5.82 Å². The summed E-state index contributed by atoms with van der Waals surface area (Å²) >= 11 is 0. The molecule has 1 aromatic carbocycles. The van der Waals surface area contributed by atoms with E-state index in [9.17, 15) is 4.39 Å². The van der Waals surface area contributed by atoms with Crippen molar-refractivity contribution >= 4 is 5.69 Å². The van der Waals surface area contributed by atoms with Crippen LogP contribution in [-0.2, 0) is 0 Å². The van der Waals surface area contributed by atoms with Gasteiger partial charge in [-0.1, -0.05) is 12.1 Å². The van der Waals surface area contributed by atoms with Gasteiger partial charge in [0.05, 0.1) is 0 Å². The highest BCUT2D eigenvalue weighted by Crippen LogP contribution is 2.19. The monoisotopic (exact) mass is 166 g/mol. The molecule has 0 saturated heterocycles. The third-order valence-electron chi connectivity index (χ3n) is 1.66. The lowest BCUT2D eigenvalue weighted by Gasteiger charge is -2.09. The maximum absolute atomic E-state index is 12.6. The highest BCUT2D eigenvalue weighted by atomic mass is 19.1. The first-order valence-corrected chi connectivity index (χ1v) is 3.58. The van der Waals surface area contributed by atoms with Gasteiger partial charge in [-0.2, -0.15) is 0 Å². The van der Waals surface area contributed by atoms with E-state index < -0.39 is 0 Å². The third kappa shape index (κ3) is 1.62. The fraction of sp³-hybridized carbons (Fsp3) is 0.111.